The third kappa shape index (κ3) is 4.87. The van der Waals surface area contributed by atoms with Gasteiger partial charge in [-0.3, -0.25) is 14.4 Å². The van der Waals surface area contributed by atoms with Crippen LogP contribution in [0.15, 0.2) is 47.5 Å². The van der Waals surface area contributed by atoms with Crippen LogP contribution in [0, 0.1) is 19.8 Å². The highest BCUT2D eigenvalue weighted by Crippen LogP contribution is 2.39. The maximum atomic E-state index is 14.4. The Kier molecular flexibility index (Phi) is 7.66. The van der Waals surface area contributed by atoms with Crippen LogP contribution in [0.5, 0.6) is 5.75 Å². The molecule has 3 heterocycles. The van der Waals surface area contributed by atoms with Gasteiger partial charge in [0.05, 0.1) is 30.8 Å². The lowest BCUT2D eigenvalue weighted by atomic mass is 9.88. The van der Waals surface area contributed by atoms with E-state index >= 15 is 0 Å². The number of carbonyl (C=O) groups excluding carboxylic acids is 3. The quantitative estimate of drug-likeness (QED) is 0.320. The van der Waals surface area contributed by atoms with Crippen molar-refractivity contribution in [2.45, 2.75) is 59.2 Å². The highest BCUT2D eigenvalue weighted by atomic mass is 79.9. The van der Waals surface area contributed by atoms with Crippen LogP contribution in [0.3, 0.4) is 0 Å². The lowest BCUT2D eigenvalue weighted by molar-refractivity contribution is -0.134. The van der Waals surface area contributed by atoms with Crippen molar-refractivity contribution in [3.05, 3.63) is 75.4 Å². The van der Waals surface area contributed by atoms with E-state index in [0.29, 0.717) is 25.1 Å². The second-order valence-corrected chi connectivity index (χ2v) is 12.1. The van der Waals surface area contributed by atoms with Gasteiger partial charge in [-0.05, 0) is 81.1 Å². The molecule has 1 fully saturated rings. The predicted molar refractivity (Wildman–Crippen MR) is 160 cm³/mol. The Hall–Kier alpha value is -3.39. The second kappa shape index (κ2) is 10.9. The zero-order chi connectivity index (χ0) is 28.9. The number of Topliss-reactive ketones (excluding diaryl/α,β-unsaturated/α-hetero) is 1. The van der Waals surface area contributed by atoms with Crippen LogP contribution >= 0.6 is 15.9 Å². The Labute approximate surface area is 243 Å². The Morgan fingerprint density at radius 3 is 2.52 bits per heavy atom. The summed E-state index contributed by atoms with van der Waals surface area (Å²) in [6, 6.07) is 9.99. The molecule has 3 aromatic rings. The Morgan fingerprint density at radius 1 is 1.12 bits per heavy atom. The van der Waals surface area contributed by atoms with Crippen molar-refractivity contribution >= 4 is 44.4 Å². The minimum atomic E-state index is -0.107. The minimum absolute atomic E-state index is 0.00498. The average molecular weight is 607 g/mol. The zero-order valence-electron chi connectivity index (χ0n) is 23.8. The smallest absolute Gasteiger partial charge is 0.257 e. The molecule has 1 saturated heterocycles. The van der Waals surface area contributed by atoms with Crippen LogP contribution in [0.25, 0.3) is 10.9 Å². The van der Waals surface area contributed by atoms with Crippen molar-refractivity contribution in [3.8, 4) is 5.75 Å². The number of hydrogen-bond acceptors (Lipinski definition) is 4. The standard InChI is InChI=1S/C32H36BrN3O4/c1-7-29(38)34-15-22(16-34)12-25(37)17-35-21(5)30(28-14-24(33)10-18(2)31(28)35)32(39)36-19(3)11-23-13-26(40-6)8-9-27(23)20(36)4/h7-10,13-14,19-20,22H,1,11-12,15-17H2,2-6H3. The number of carbonyl (C=O) groups is 3. The summed E-state index contributed by atoms with van der Waals surface area (Å²) < 4.78 is 8.34. The molecule has 7 nitrogen and oxygen atoms in total. The molecule has 2 aromatic carbocycles. The topological polar surface area (TPSA) is 71.9 Å². The molecule has 0 radical (unpaired) electrons. The maximum Gasteiger partial charge on any atom is 0.257 e. The summed E-state index contributed by atoms with van der Waals surface area (Å²) in [7, 11) is 1.67. The van der Waals surface area contributed by atoms with Gasteiger partial charge >= 0.3 is 0 Å². The second-order valence-electron chi connectivity index (χ2n) is 11.2. The fraction of sp³-hybridized carbons (Fsp3) is 0.406. The first-order valence-electron chi connectivity index (χ1n) is 13.7. The predicted octanol–water partition coefficient (Wildman–Crippen LogP) is 5.78. The molecule has 5 rings (SSSR count). The largest absolute Gasteiger partial charge is 0.497 e. The summed E-state index contributed by atoms with van der Waals surface area (Å²) >= 11 is 3.63. The van der Waals surface area contributed by atoms with Crippen molar-refractivity contribution in [3.63, 3.8) is 0 Å². The summed E-state index contributed by atoms with van der Waals surface area (Å²) in [4.78, 5) is 43.1. The van der Waals surface area contributed by atoms with Crippen LogP contribution in [-0.4, -0.2) is 58.2 Å². The first kappa shape index (κ1) is 28.1. The van der Waals surface area contributed by atoms with E-state index in [9.17, 15) is 14.4 Å². The summed E-state index contributed by atoms with van der Waals surface area (Å²) in [5.41, 5.74) is 5.70. The maximum absolute atomic E-state index is 14.4. The number of aromatic nitrogens is 1. The van der Waals surface area contributed by atoms with Crippen LogP contribution in [0.4, 0.5) is 0 Å². The molecule has 2 amide bonds. The number of ether oxygens (including phenoxy) is 1. The lowest BCUT2D eigenvalue weighted by Crippen LogP contribution is -2.50. The number of likely N-dealkylation sites (tertiary alicyclic amines) is 1. The molecule has 2 aliphatic heterocycles. The molecule has 2 unspecified atom stereocenters. The van der Waals surface area contributed by atoms with E-state index in [4.69, 9.17) is 4.74 Å². The number of fused-ring (bicyclic) bond motifs is 2. The number of amides is 2. The molecule has 0 aliphatic carbocycles. The van der Waals surface area contributed by atoms with Gasteiger partial charge in [0.25, 0.3) is 5.91 Å². The minimum Gasteiger partial charge on any atom is -0.497 e. The van der Waals surface area contributed by atoms with E-state index in [0.717, 1.165) is 44.4 Å². The molecule has 0 bridgehead atoms. The van der Waals surface area contributed by atoms with E-state index in [1.807, 2.05) is 41.5 Å². The SMILES string of the molecule is C=CC(=O)N1CC(CC(=O)Cn2c(C)c(C(=O)N3C(C)Cc4cc(OC)ccc4C3C)c3cc(Br)cc(C)c32)C1. The van der Waals surface area contributed by atoms with E-state index in [2.05, 4.69) is 48.5 Å². The molecule has 210 valence electrons. The first-order valence-corrected chi connectivity index (χ1v) is 14.5. The van der Waals surface area contributed by atoms with Gasteiger partial charge < -0.3 is 19.1 Å². The van der Waals surface area contributed by atoms with Gasteiger partial charge in [-0.25, -0.2) is 0 Å². The van der Waals surface area contributed by atoms with Gasteiger partial charge in [-0.2, -0.15) is 0 Å². The van der Waals surface area contributed by atoms with E-state index in [1.165, 1.54) is 11.6 Å². The summed E-state index contributed by atoms with van der Waals surface area (Å²) in [5.74, 6) is 0.959. The lowest BCUT2D eigenvalue weighted by Gasteiger charge is -2.40. The number of methoxy groups -OCH3 is 1. The van der Waals surface area contributed by atoms with E-state index in [1.54, 1.807) is 12.0 Å². The van der Waals surface area contributed by atoms with Crippen molar-refractivity contribution in [2.24, 2.45) is 5.92 Å². The van der Waals surface area contributed by atoms with Crippen molar-refractivity contribution in [1.82, 2.24) is 14.4 Å². The molecular weight excluding hydrogens is 570 g/mol. The molecule has 0 spiro atoms. The highest BCUT2D eigenvalue weighted by Gasteiger charge is 2.36. The number of halogens is 1. The van der Waals surface area contributed by atoms with Crippen LogP contribution < -0.4 is 4.74 Å². The molecule has 0 N–H and O–H groups in total. The molecule has 2 aliphatic rings. The monoisotopic (exact) mass is 605 g/mol. The van der Waals surface area contributed by atoms with Crippen LogP contribution in [-0.2, 0) is 22.6 Å². The summed E-state index contributed by atoms with van der Waals surface area (Å²) in [6.07, 6.45) is 2.46. The molecule has 2 atom stereocenters. The van der Waals surface area contributed by atoms with Crippen LogP contribution in [0.1, 0.15) is 59.1 Å². The van der Waals surface area contributed by atoms with Crippen LogP contribution in [0.2, 0.25) is 0 Å². The Balaban J connectivity index is 1.47. The third-order valence-electron chi connectivity index (χ3n) is 8.52. The fourth-order valence-electron chi connectivity index (χ4n) is 6.57. The first-order chi connectivity index (χ1) is 19.0. The fourth-order valence-corrected chi connectivity index (χ4v) is 7.14. The summed E-state index contributed by atoms with van der Waals surface area (Å²) in [5, 5.41) is 0.855. The average Bonchev–Trinajstić information content (AvgIpc) is 3.15. The number of ketones is 1. The normalized spacial score (nSPS) is 18.9. The number of benzene rings is 2. The molecule has 40 heavy (non-hydrogen) atoms. The van der Waals surface area contributed by atoms with E-state index < -0.39 is 0 Å². The number of nitrogens with zero attached hydrogens (tertiary/aromatic N) is 3. The number of hydrogen-bond donors (Lipinski definition) is 0. The van der Waals surface area contributed by atoms with Crippen molar-refractivity contribution in [1.29, 1.82) is 0 Å². The van der Waals surface area contributed by atoms with Gasteiger partial charge in [-0.1, -0.05) is 28.6 Å². The Morgan fingerprint density at radius 2 is 1.85 bits per heavy atom. The van der Waals surface area contributed by atoms with Gasteiger partial charge in [0.15, 0.2) is 5.78 Å². The van der Waals surface area contributed by atoms with Gasteiger partial charge in [0.2, 0.25) is 5.91 Å². The van der Waals surface area contributed by atoms with Crippen molar-refractivity contribution in [2.75, 3.05) is 20.2 Å². The number of rotatable bonds is 7. The van der Waals surface area contributed by atoms with Crippen molar-refractivity contribution < 1.29 is 19.1 Å². The highest BCUT2D eigenvalue weighted by molar-refractivity contribution is 9.10. The molecule has 0 saturated carbocycles. The molecular formula is C32H36BrN3O4. The van der Waals surface area contributed by atoms with Gasteiger partial charge in [-0.15, -0.1) is 0 Å². The summed E-state index contributed by atoms with van der Waals surface area (Å²) in [6.45, 7) is 13.0. The van der Waals surface area contributed by atoms with Gasteiger partial charge in [0, 0.05) is 47.0 Å². The molecule has 8 heteroatoms. The third-order valence-corrected chi connectivity index (χ3v) is 8.98. The number of aryl methyl sites for hydroxylation is 1. The van der Waals surface area contributed by atoms with E-state index in [-0.39, 0.29) is 42.1 Å². The van der Waals surface area contributed by atoms with Gasteiger partial charge in [0.1, 0.15) is 5.75 Å². The Bertz CT molecular complexity index is 1530. The molecule has 1 aromatic heterocycles. The zero-order valence-corrected chi connectivity index (χ0v) is 25.4.